The van der Waals surface area contributed by atoms with Crippen LogP contribution in [-0.4, -0.2) is 58.2 Å². The SMILES string of the molecule is COc1cccc(OC2CCC(NC(=O)CC3COCCO3)CC2)c1OC. The summed E-state index contributed by atoms with van der Waals surface area (Å²) in [5.41, 5.74) is 0. The summed E-state index contributed by atoms with van der Waals surface area (Å²) in [7, 11) is 3.22. The number of rotatable bonds is 7. The first-order valence-electron chi connectivity index (χ1n) is 9.56. The number of carbonyl (C=O) groups excluding carboxylic acids is 1. The Morgan fingerprint density at radius 1 is 1.11 bits per heavy atom. The van der Waals surface area contributed by atoms with Gasteiger partial charge in [-0.15, -0.1) is 0 Å². The molecule has 1 saturated heterocycles. The van der Waals surface area contributed by atoms with Crippen molar-refractivity contribution in [3.05, 3.63) is 18.2 Å². The molecule has 2 fully saturated rings. The van der Waals surface area contributed by atoms with Crippen LogP contribution in [0.5, 0.6) is 17.2 Å². The van der Waals surface area contributed by atoms with Crippen LogP contribution in [0.1, 0.15) is 32.1 Å². The first-order valence-corrected chi connectivity index (χ1v) is 9.56. The quantitative estimate of drug-likeness (QED) is 0.784. The van der Waals surface area contributed by atoms with Gasteiger partial charge in [-0.1, -0.05) is 6.07 Å². The van der Waals surface area contributed by atoms with Crippen molar-refractivity contribution < 1.29 is 28.5 Å². The van der Waals surface area contributed by atoms with Crippen LogP contribution in [0.15, 0.2) is 18.2 Å². The molecule has 7 heteroatoms. The molecule has 27 heavy (non-hydrogen) atoms. The van der Waals surface area contributed by atoms with Gasteiger partial charge in [0.1, 0.15) is 0 Å². The maximum Gasteiger partial charge on any atom is 0.222 e. The number of benzene rings is 1. The fourth-order valence-electron chi connectivity index (χ4n) is 3.60. The van der Waals surface area contributed by atoms with Gasteiger partial charge in [0.15, 0.2) is 11.5 Å². The van der Waals surface area contributed by atoms with Gasteiger partial charge in [0.05, 0.1) is 52.7 Å². The van der Waals surface area contributed by atoms with Crippen molar-refractivity contribution in [3.63, 3.8) is 0 Å². The second-order valence-electron chi connectivity index (χ2n) is 6.92. The third-order valence-corrected chi connectivity index (χ3v) is 5.00. The van der Waals surface area contributed by atoms with E-state index in [4.69, 9.17) is 23.7 Å². The maximum absolute atomic E-state index is 12.2. The smallest absolute Gasteiger partial charge is 0.222 e. The molecule has 1 N–H and O–H groups in total. The normalized spacial score (nSPS) is 25.5. The van der Waals surface area contributed by atoms with E-state index in [1.165, 1.54) is 0 Å². The van der Waals surface area contributed by atoms with E-state index in [0.717, 1.165) is 25.7 Å². The number of ether oxygens (including phenoxy) is 5. The third-order valence-electron chi connectivity index (χ3n) is 5.00. The Labute approximate surface area is 160 Å². The molecule has 0 spiro atoms. The van der Waals surface area contributed by atoms with E-state index in [9.17, 15) is 4.79 Å². The average molecular weight is 379 g/mol. The summed E-state index contributed by atoms with van der Waals surface area (Å²) in [5, 5.41) is 3.12. The summed E-state index contributed by atoms with van der Waals surface area (Å²) >= 11 is 0. The van der Waals surface area contributed by atoms with E-state index in [1.54, 1.807) is 14.2 Å². The summed E-state index contributed by atoms with van der Waals surface area (Å²) in [6, 6.07) is 5.81. The molecule has 0 radical (unpaired) electrons. The zero-order chi connectivity index (χ0) is 19.1. The molecule has 150 valence electrons. The van der Waals surface area contributed by atoms with Crippen molar-refractivity contribution in [1.29, 1.82) is 0 Å². The molecule has 1 amide bonds. The number of carbonyl (C=O) groups is 1. The summed E-state index contributed by atoms with van der Waals surface area (Å²) in [6.45, 7) is 1.67. The van der Waals surface area contributed by atoms with Crippen molar-refractivity contribution in [2.45, 2.75) is 50.4 Å². The van der Waals surface area contributed by atoms with Gasteiger partial charge < -0.3 is 29.0 Å². The highest BCUT2D eigenvalue weighted by atomic mass is 16.6. The lowest BCUT2D eigenvalue weighted by molar-refractivity contribution is -0.132. The molecule has 1 aliphatic carbocycles. The third kappa shape index (κ3) is 5.49. The van der Waals surface area contributed by atoms with Gasteiger partial charge in [-0.2, -0.15) is 0 Å². The van der Waals surface area contributed by atoms with E-state index in [-0.39, 0.29) is 24.2 Å². The second-order valence-corrected chi connectivity index (χ2v) is 6.92. The molecule has 1 heterocycles. The molecular formula is C20H29NO6. The predicted octanol–water partition coefficient (Wildman–Crippen LogP) is 2.32. The molecular weight excluding hydrogens is 350 g/mol. The van der Waals surface area contributed by atoms with Gasteiger partial charge in [0, 0.05) is 6.04 Å². The Morgan fingerprint density at radius 2 is 1.89 bits per heavy atom. The van der Waals surface area contributed by atoms with Gasteiger partial charge in [-0.3, -0.25) is 4.79 Å². The molecule has 1 atom stereocenters. The van der Waals surface area contributed by atoms with Crippen molar-refractivity contribution in [3.8, 4) is 17.2 Å². The number of hydrogen-bond acceptors (Lipinski definition) is 6. The molecule has 1 aromatic rings. The number of amides is 1. The molecule has 0 bridgehead atoms. The van der Waals surface area contributed by atoms with Crippen molar-refractivity contribution in [2.75, 3.05) is 34.0 Å². The number of para-hydroxylation sites is 1. The van der Waals surface area contributed by atoms with Crippen molar-refractivity contribution in [1.82, 2.24) is 5.32 Å². The molecule has 1 aromatic carbocycles. The van der Waals surface area contributed by atoms with Gasteiger partial charge in [-0.25, -0.2) is 0 Å². The molecule has 1 unspecified atom stereocenters. The van der Waals surface area contributed by atoms with Crippen molar-refractivity contribution >= 4 is 5.91 Å². The highest BCUT2D eigenvalue weighted by Crippen LogP contribution is 2.38. The Hall–Kier alpha value is -1.99. The lowest BCUT2D eigenvalue weighted by Gasteiger charge is -2.30. The average Bonchev–Trinajstić information content (AvgIpc) is 2.70. The Bertz CT molecular complexity index is 608. The largest absolute Gasteiger partial charge is 0.493 e. The summed E-state index contributed by atoms with van der Waals surface area (Å²) in [6.07, 6.45) is 3.89. The minimum atomic E-state index is -0.126. The molecule has 3 rings (SSSR count). The minimum absolute atomic E-state index is 0.0318. The van der Waals surface area contributed by atoms with E-state index < -0.39 is 0 Å². The van der Waals surface area contributed by atoms with Crippen LogP contribution in [0, 0.1) is 0 Å². The number of nitrogens with one attached hydrogen (secondary N) is 1. The summed E-state index contributed by atoms with van der Waals surface area (Å²) in [4.78, 5) is 12.2. The molecule has 0 aromatic heterocycles. The summed E-state index contributed by atoms with van der Waals surface area (Å²) in [5.74, 6) is 2.00. The molecule has 1 saturated carbocycles. The lowest BCUT2D eigenvalue weighted by Crippen LogP contribution is -2.42. The monoisotopic (exact) mass is 379 g/mol. The van der Waals surface area contributed by atoms with Crippen molar-refractivity contribution in [2.24, 2.45) is 0 Å². The van der Waals surface area contributed by atoms with Gasteiger partial charge in [0.2, 0.25) is 11.7 Å². The maximum atomic E-state index is 12.2. The zero-order valence-corrected chi connectivity index (χ0v) is 16.1. The summed E-state index contributed by atoms with van der Waals surface area (Å²) < 4.78 is 27.8. The fraction of sp³-hybridized carbons (Fsp3) is 0.650. The second kappa shape index (κ2) is 9.80. The van der Waals surface area contributed by atoms with Crippen LogP contribution < -0.4 is 19.5 Å². The first kappa shape index (κ1) is 19.8. The van der Waals surface area contributed by atoms with Gasteiger partial charge in [0.25, 0.3) is 0 Å². The van der Waals surface area contributed by atoms with Gasteiger partial charge in [-0.05, 0) is 37.8 Å². The molecule has 7 nitrogen and oxygen atoms in total. The highest BCUT2D eigenvalue weighted by Gasteiger charge is 2.26. The van der Waals surface area contributed by atoms with Gasteiger partial charge >= 0.3 is 0 Å². The zero-order valence-electron chi connectivity index (χ0n) is 16.1. The van der Waals surface area contributed by atoms with Crippen LogP contribution >= 0.6 is 0 Å². The predicted molar refractivity (Wildman–Crippen MR) is 99.5 cm³/mol. The van der Waals surface area contributed by atoms with E-state index in [1.807, 2.05) is 18.2 Å². The van der Waals surface area contributed by atoms with Crippen LogP contribution in [0.3, 0.4) is 0 Å². The van der Waals surface area contributed by atoms with E-state index in [2.05, 4.69) is 5.32 Å². The topological polar surface area (TPSA) is 75.3 Å². The van der Waals surface area contributed by atoms with Crippen LogP contribution in [0.2, 0.25) is 0 Å². The van der Waals surface area contributed by atoms with Crippen LogP contribution in [-0.2, 0) is 14.3 Å². The van der Waals surface area contributed by atoms with E-state index >= 15 is 0 Å². The molecule has 2 aliphatic rings. The van der Waals surface area contributed by atoms with Crippen LogP contribution in [0.4, 0.5) is 0 Å². The Morgan fingerprint density at radius 3 is 2.56 bits per heavy atom. The minimum Gasteiger partial charge on any atom is -0.493 e. The van der Waals surface area contributed by atoms with Crippen LogP contribution in [0.25, 0.3) is 0 Å². The Kier molecular flexibility index (Phi) is 7.18. The highest BCUT2D eigenvalue weighted by molar-refractivity contribution is 5.76. The molecule has 1 aliphatic heterocycles. The number of hydrogen-bond donors (Lipinski definition) is 1. The Balaban J connectivity index is 1.44. The fourth-order valence-corrected chi connectivity index (χ4v) is 3.60. The first-order chi connectivity index (χ1) is 13.2. The van der Waals surface area contributed by atoms with E-state index in [0.29, 0.717) is 43.5 Å². The standard InChI is InChI=1S/C20H29NO6/c1-23-17-4-3-5-18(20(17)24-2)27-15-8-6-14(7-9-15)21-19(22)12-16-13-25-10-11-26-16/h3-5,14-16H,6-13H2,1-2H3,(H,21,22). The lowest BCUT2D eigenvalue weighted by atomic mass is 9.92. The number of methoxy groups -OCH3 is 2.